The number of ether oxygens (including phenoxy) is 1. The minimum atomic E-state index is -0.483. The number of fused-ring (bicyclic) bond motifs is 1. The first kappa shape index (κ1) is 16.9. The largest absolute Gasteiger partial charge is 0.451 e. The Kier molecular flexibility index (Phi) is 4.67. The maximum atomic E-state index is 12.6. The molecule has 0 saturated heterocycles. The van der Waals surface area contributed by atoms with Crippen LogP contribution in [0.3, 0.4) is 0 Å². The molecule has 1 amide bonds. The molecule has 1 N–H and O–H groups in total. The number of aryl methyl sites for hydroxylation is 2. The van der Waals surface area contributed by atoms with Crippen molar-refractivity contribution in [2.24, 2.45) is 7.05 Å². The van der Waals surface area contributed by atoms with Gasteiger partial charge in [0.25, 0.3) is 5.91 Å². The Labute approximate surface area is 144 Å². The molecule has 0 aliphatic rings. The zero-order valence-corrected chi connectivity index (χ0v) is 14.3. The molecule has 0 spiro atoms. The summed E-state index contributed by atoms with van der Waals surface area (Å²) in [7, 11) is 3.33. The van der Waals surface area contributed by atoms with Gasteiger partial charge < -0.3 is 14.5 Å². The number of benzene rings is 1. The van der Waals surface area contributed by atoms with E-state index in [0.717, 1.165) is 11.3 Å². The van der Waals surface area contributed by atoms with Crippen LogP contribution in [0.4, 0.5) is 0 Å². The van der Waals surface area contributed by atoms with Crippen LogP contribution in [0.25, 0.3) is 11.0 Å². The second-order valence-corrected chi connectivity index (χ2v) is 5.84. The van der Waals surface area contributed by atoms with Gasteiger partial charge in [0, 0.05) is 26.4 Å². The summed E-state index contributed by atoms with van der Waals surface area (Å²) >= 11 is 0. The van der Waals surface area contributed by atoms with Gasteiger partial charge in [-0.25, -0.2) is 0 Å². The lowest BCUT2D eigenvalue weighted by Crippen LogP contribution is -2.33. The smallest absolute Gasteiger partial charge is 0.287 e. The molecule has 130 valence electrons. The van der Waals surface area contributed by atoms with E-state index < -0.39 is 11.9 Å². The van der Waals surface area contributed by atoms with Gasteiger partial charge in [0.1, 0.15) is 5.58 Å². The number of carbonyl (C=O) groups is 1. The van der Waals surface area contributed by atoms with Gasteiger partial charge in [0.05, 0.1) is 23.7 Å². The van der Waals surface area contributed by atoms with Gasteiger partial charge in [-0.2, -0.15) is 5.10 Å². The van der Waals surface area contributed by atoms with Gasteiger partial charge >= 0.3 is 0 Å². The molecule has 2 heterocycles. The molecule has 0 aliphatic heterocycles. The lowest BCUT2D eigenvalue weighted by atomic mass is 10.1. The van der Waals surface area contributed by atoms with Crippen LogP contribution in [0.5, 0.6) is 0 Å². The third-order valence-corrected chi connectivity index (χ3v) is 3.96. The monoisotopic (exact) mass is 341 g/mol. The number of hydrogen-bond donors (Lipinski definition) is 1. The number of methoxy groups -OCH3 is 1. The van der Waals surface area contributed by atoms with Gasteiger partial charge in [-0.15, -0.1) is 0 Å². The van der Waals surface area contributed by atoms with Crippen molar-refractivity contribution in [3.8, 4) is 0 Å². The molecule has 2 aromatic heterocycles. The Morgan fingerprint density at radius 3 is 2.84 bits per heavy atom. The van der Waals surface area contributed by atoms with Crippen molar-refractivity contribution in [1.29, 1.82) is 0 Å². The van der Waals surface area contributed by atoms with E-state index in [2.05, 4.69) is 10.4 Å². The minimum absolute atomic E-state index is 0.0358. The van der Waals surface area contributed by atoms with Crippen LogP contribution in [0.2, 0.25) is 0 Å². The van der Waals surface area contributed by atoms with E-state index in [1.54, 1.807) is 43.2 Å². The number of nitrogens with zero attached hydrogens (tertiary/aromatic N) is 2. The standard InChI is InChI=1S/C18H19N3O4/c1-11-4-5-12-15(22)9-17(25-16(12)8-11)18(23)20-13(10-24-3)14-6-7-19-21(14)2/h4-9,13H,10H2,1-3H3,(H,20,23)/t13-/m0/s1. The first-order chi connectivity index (χ1) is 12.0. The van der Waals surface area contributed by atoms with Crippen LogP contribution in [0.1, 0.15) is 27.9 Å². The summed E-state index contributed by atoms with van der Waals surface area (Å²) in [5.74, 6) is -0.518. The van der Waals surface area contributed by atoms with Crippen LogP contribution in [-0.4, -0.2) is 29.4 Å². The molecule has 0 bridgehead atoms. The fourth-order valence-electron chi connectivity index (χ4n) is 2.70. The molecule has 0 radical (unpaired) electrons. The fraction of sp³-hybridized carbons (Fsp3) is 0.278. The number of amides is 1. The van der Waals surface area contributed by atoms with Crippen molar-refractivity contribution in [2.75, 3.05) is 13.7 Å². The van der Waals surface area contributed by atoms with Gasteiger partial charge in [-0.05, 0) is 30.7 Å². The van der Waals surface area contributed by atoms with Crippen LogP contribution in [0.15, 0.2) is 45.7 Å². The van der Waals surface area contributed by atoms with E-state index in [0.29, 0.717) is 11.0 Å². The van der Waals surface area contributed by atoms with Crippen LogP contribution >= 0.6 is 0 Å². The Morgan fingerprint density at radius 2 is 2.16 bits per heavy atom. The number of hydrogen-bond acceptors (Lipinski definition) is 5. The van der Waals surface area contributed by atoms with E-state index in [1.807, 2.05) is 13.0 Å². The van der Waals surface area contributed by atoms with E-state index >= 15 is 0 Å². The predicted octanol–water partition coefficient (Wildman–Crippen LogP) is 1.95. The molecule has 7 heteroatoms. The van der Waals surface area contributed by atoms with E-state index in [9.17, 15) is 9.59 Å². The number of rotatable bonds is 5. The Bertz CT molecular complexity index is 974. The maximum absolute atomic E-state index is 12.6. The summed E-state index contributed by atoms with van der Waals surface area (Å²) in [6, 6.07) is 7.85. The lowest BCUT2D eigenvalue weighted by molar-refractivity contribution is 0.0865. The van der Waals surface area contributed by atoms with Gasteiger partial charge in [-0.3, -0.25) is 14.3 Å². The average molecular weight is 341 g/mol. The van der Waals surface area contributed by atoms with E-state index in [-0.39, 0.29) is 17.8 Å². The number of aromatic nitrogens is 2. The lowest BCUT2D eigenvalue weighted by Gasteiger charge is -2.18. The van der Waals surface area contributed by atoms with E-state index in [4.69, 9.17) is 9.15 Å². The average Bonchev–Trinajstić information content (AvgIpc) is 2.99. The van der Waals surface area contributed by atoms with Crippen molar-refractivity contribution in [3.63, 3.8) is 0 Å². The number of nitrogens with one attached hydrogen (secondary N) is 1. The van der Waals surface area contributed by atoms with E-state index in [1.165, 1.54) is 6.07 Å². The predicted molar refractivity (Wildman–Crippen MR) is 92.5 cm³/mol. The molecule has 0 unspecified atom stereocenters. The summed E-state index contributed by atoms with van der Waals surface area (Å²) in [4.78, 5) is 24.8. The molecule has 25 heavy (non-hydrogen) atoms. The highest BCUT2D eigenvalue weighted by Gasteiger charge is 2.20. The van der Waals surface area contributed by atoms with Crippen LogP contribution in [0, 0.1) is 6.92 Å². The topological polar surface area (TPSA) is 86.4 Å². The van der Waals surface area contributed by atoms with Crippen molar-refractivity contribution in [1.82, 2.24) is 15.1 Å². The molecule has 3 rings (SSSR count). The summed E-state index contributed by atoms with van der Waals surface area (Å²) in [6.07, 6.45) is 1.64. The van der Waals surface area contributed by atoms with Crippen molar-refractivity contribution < 1.29 is 13.9 Å². The van der Waals surface area contributed by atoms with Gasteiger partial charge in [0.2, 0.25) is 0 Å². The van der Waals surface area contributed by atoms with Crippen molar-refractivity contribution in [2.45, 2.75) is 13.0 Å². The number of carbonyl (C=O) groups excluding carboxylic acids is 1. The van der Waals surface area contributed by atoms with Gasteiger partial charge in [0.15, 0.2) is 11.2 Å². The highest BCUT2D eigenvalue weighted by Crippen LogP contribution is 2.16. The second-order valence-electron chi connectivity index (χ2n) is 5.84. The first-order valence-electron chi connectivity index (χ1n) is 7.82. The normalized spacial score (nSPS) is 12.3. The fourth-order valence-corrected chi connectivity index (χ4v) is 2.70. The van der Waals surface area contributed by atoms with Crippen LogP contribution in [-0.2, 0) is 11.8 Å². The van der Waals surface area contributed by atoms with Crippen molar-refractivity contribution in [3.05, 3.63) is 63.8 Å². The second kappa shape index (κ2) is 6.90. The molecule has 1 atom stereocenters. The molecule has 0 aliphatic carbocycles. The summed E-state index contributed by atoms with van der Waals surface area (Å²) in [5.41, 5.74) is 1.87. The van der Waals surface area contributed by atoms with Gasteiger partial charge in [-0.1, -0.05) is 6.07 Å². The quantitative estimate of drug-likeness (QED) is 0.766. The Morgan fingerprint density at radius 1 is 1.36 bits per heavy atom. The van der Waals surface area contributed by atoms with Crippen LogP contribution < -0.4 is 10.7 Å². The summed E-state index contributed by atoms with van der Waals surface area (Å²) < 4.78 is 12.5. The molecule has 1 aromatic carbocycles. The Hall–Kier alpha value is -2.93. The first-order valence-corrected chi connectivity index (χ1v) is 7.82. The highest BCUT2D eigenvalue weighted by atomic mass is 16.5. The molecular weight excluding hydrogens is 322 g/mol. The molecular formula is C18H19N3O4. The summed E-state index contributed by atoms with van der Waals surface area (Å²) in [5, 5.41) is 7.37. The SMILES string of the molecule is COC[C@H](NC(=O)c1cc(=O)c2ccc(C)cc2o1)c1ccnn1C. The Balaban J connectivity index is 1.93. The maximum Gasteiger partial charge on any atom is 0.287 e. The highest BCUT2D eigenvalue weighted by molar-refractivity contribution is 5.93. The van der Waals surface area contributed by atoms with Crippen molar-refractivity contribution >= 4 is 16.9 Å². The molecule has 0 fully saturated rings. The zero-order valence-electron chi connectivity index (χ0n) is 14.3. The molecule has 3 aromatic rings. The third kappa shape index (κ3) is 3.46. The molecule has 7 nitrogen and oxygen atoms in total. The zero-order chi connectivity index (χ0) is 18.0. The minimum Gasteiger partial charge on any atom is -0.451 e. The summed E-state index contributed by atoms with van der Waals surface area (Å²) in [6.45, 7) is 2.16. The third-order valence-electron chi connectivity index (χ3n) is 3.96. The molecule has 0 saturated carbocycles.